The quantitative estimate of drug-likeness (QED) is 0.111. The zero-order valence-corrected chi connectivity index (χ0v) is 24.6. The highest BCUT2D eigenvalue weighted by molar-refractivity contribution is 7.86. The largest absolute Gasteiger partial charge is 0.508 e. The normalized spacial score (nSPS) is 12.2. The summed E-state index contributed by atoms with van der Waals surface area (Å²) in [4.78, 5) is 10.1. The van der Waals surface area contributed by atoms with Crippen molar-refractivity contribution in [3.8, 4) is 23.0 Å². The van der Waals surface area contributed by atoms with Gasteiger partial charge in [0.2, 0.25) is 5.91 Å². The Bertz CT molecular complexity index is 2060. The second-order valence-corrected chi connectivity index (χ2v) is 11.7. The summed E-state index contributed by atoms with van der Waals surface area (Å²) in [5.41, 5.74) is -0.528. The molecule has 0 fully saturated rings. The molecule has 16 nitrogen and oxygen atoms in total. The standard InChI is InChI=1S/C26H23N5O11S2/c1-13(32)27-20-10-17(43(35,36)37)8-14-9-23(44(38,39)40)25(26(34)24(14)20)31-30-19-12-21(41-2)18(11-22(19)42-3)29-28-15-4-6-16(33)7-5-15/h4-12,33-34H,1-3H3,(H,27,32)(H,35,36,37)(H,38,39,40). The molecule has 0 aliphatic heterocycles. The van der Waals surface area contributed by atoms with E-state index in [0.29, 0.717) is 5.69 Å². The van der Waals surface area contributed by atoms with Gasteiger partial charge in [-0.25, -0.2) is 0 Å². The number of nitrogens with one attached hydrogen (secondary N) is 1. The third kappa shape index (κ3) is 6.89. The molecule has 4 rings (SSSR count). The molecule has 0 heterocycles. The zero-order valence-electron chi connectivity index (χ0n) is 22.9. The van der Waals surface area contributed by atoms with Gasteiger partial charge in [-0.1, -0.05) is 0 Å². The Kier molecular flexibility index (Phi) is 8.81. The molecule has 0 bridgehead atoms. The molecule has 0 aromatic heterocycles. The molecule has 5 N–H and O–H groups in total. The van der Waals surface area contributed by atoms with E-state index in [1.54, 1.807) is 0 Å². The van der Waals surface area contributed by atoms with Crippen LogP contribution in [0.4, 0.5) is 28.4 Å². The third-order valence-electron chi connectivity index (χ3n) is 5.87. The predicted octanol–water partition coefficient (Wildman–Crippen LogP) is 5.55. The number of anilines is 1. The van der Waals surface area contributed by atoms with E-state index in [9.17, 15) is 40.9 Å². The van der Waals surface area contributed by atoms with E-state index in [1.807, 2.05) is 0 Å². The first-order chi connectivity index (χ1) is 20.6. The number of phenolic OH excluding ortho intramolecular Hbond substituents is 2. The first kappa shape index (κ1) is 31.8. The lowest BCUT2D eigenvalue weighted by Crippen LogP contribution is -2.08. The highest BCUT2D eigenvalue weighted by Gasteiger charge is 2.26. The maximum absolute atomic E-state index is 12.3. The summed E-state index contributed by atoms with van der Waals surface area (Å²) in [6.45, 7) is 1.09. The molecule has 4 aromatic rings. The van der Waals surface area contributed by atoms with Crippen LogP contribution in [0.5, 0.6) is 23.0 Å². The van der Waals surface area contributed by atoms with Gasteiger partial charge in [0.25, 0.3) is 20.2 Å². The number of carbonyl (C=O) groups is 1. The average Bonchev–Trinajstić information content (AvgIpc) is 2.94. The summed E-state index contributed by atoms with van der Waals surface area (Å²) in [6.07, 6.45) is 0. The van der Waals surface area contributed by atoms with Crippen molar-refractivity contribution in [2.24, 2.45) is 20.5 Å². The fraction of sp³-hybridized carbons (Fsp3) is 0.115. The zero-order chi connectivity index (χ0) is 32.4. The molecule has 0 spiro atoms. The van der Waals surface area contributed by atoms with Crippen LogP contribution >= 0.6 is 0 Å². The predicted molar refractivity (Wildman–Crippen MR) is 156 cm³/mol. The van der Waals surface area contributed by atoms with Crippen molar-refractivity contribution in [1.29, 1.82) is 0 Å². The molecule has 18 heteroatoms. The Hall–Kier alpha value is -5.17. The van der Waals surface area contributed by atoms with Crippen molar-refractivity contribution in [2.45, 2.75) is 16.7 Å². The summed E-state index contributed by atoms with van der Waals surface area (Å²) < 4.78 is 78.4. The third-order valence-corrected chi connectivity index (χ3v) is 7.57. The van der Waals surface area contributed by atoms with Crippen molar-refractivity contribution in [3.05, 3.63) is 54.6 Å². The summed E-state index contributed by atoms with van der Waals surface area (Å²) in [6, 6.07) is 11.0. The Morgan fingerprint density at radius 1 is 0.773 bits per heavy atom. The Morgan fingerprint density at radius 3 is 1.84 bits per heavy atom. The van der Waals surface area contributed by atoms with Crippen molar-refractivity contribution in [3.63, 3.8) is 0 Å². The van der Waals surface area contributed by atoms with Crippen LogP contribution in [0, 0.1) is 0 Å². The van der Waals surface area contributed by atoms with E-state index >= 15 is 0 Å². The lowest BCUT2D eigenvalue weighted by molar-refractivity contribution is -0.114. The molecule has 0 atom stereocenters. The van der Waals surface area contributed by atoms with Gasteiger partial charge in [0.15, 0.2) is 5.75 Å². The van der Waals surface area contributed by atoms with Crippen LogP contribution in [0.25, 0.3) is 10.8 Å². The molecule has 0 aliphatic rings. The van der Waals surface area contributed by atoms with Gasteiger partial charge in [-0.2, -0.15) is 21.9 Å². The van der Waals surface area contributed by atoms with Crippen LogP contribution in [0.15, 0.2) is 84.8 Å². The number of phenols is 2. The minimum absolute atomic E-state index is 0.0433. The number of aromatic hydroxyl groups is 2. The fourth-order valence-electron chi connectivity index (χ4n) is 3.95. The van der Waals surface area contributed by atoms with Crippen LogP contribution in [-0.4, -0.2) is 56.3 Å². The minimum Gasteiger partial charge on any atom is -0.508 e. The van der Waals surface area contributed by atoms with E-state index in [0.717, 1.165) is 25.1 Å². The number of hydrogen-bond donors (Lipinski definition) is 5. The molecule has 4 aromatic carbocycles. The van der Waals surface area contributed by atoms with E-state index in [1.165, 1.54) is 50.6 Å². The van der Waals surface area contributed by atoms with Gasteiger partial charge < -0.3 is 25.0 Å². The molecule has 0 saturated carbocycles. The number of rotatable bonds is 9. The topological polar surface area (TPSA) is 246 Å². The average molecular weight is 646 g/mol. The summed E-state index contributed by atoms with van der Waals surface area (Å²) in [5, 5.41) is 38.3. The lowest BCUT2D eigenvalue weighted by Gasteiger charge is -2.14. The lowest BCUT2D eigenvalue weighted by atomic mass is 10.1. The highest BCUT2D eigenvalue weighted by Crippen LogP contribution is 2.46. The van der Waals surface area contributed by atoms with Gasteiger partial charge in [0, 0.05) is 24.4 Å². The van der Waals surface area contributed by atoms with Gasteiger partial charge in [0.05, 0.1) is 30.5 Å². The monoisotopic (exact) mass is 645 g/mol. The van der Waals surface area contributed by atoms with Crippen molar-refractivity contribution < 1.29 is 50.4 Å². The maximum Gasteiger partial charge on any atom is 0.296 e. The molecule has 0 saturated heterocycles. The van der Waals surface area contributed by atoms with Gasteiger partial charge in [-0.3, -0.25) is 13.9 Å². The number of fused-ring (bicyclic) bond motifs is 1. The number of ether oxygens (including phenoxy) is 2. The van der Waals surface area contributed by atoms with E-state index in [-0.39, 0.29) is 45.1 Å². The maximum atomic E-state index is 12.3. The first-order valence-electron chi connectivity index (χ1n) is 12.1. The van der Waals surface area contributed by atoms with Crippen molar-refractivity contribution in [2.75, 3.05) is 19.5 Å². The number of carbonyl (C=O) groups excluding carboxylic acids is 1. The Labute approximate surface area is 249 Å². The minimum atomic E-state index is -5.12. The van der Waals surface area contributed by atoms with E-state index in [4.69, 9.17) is 9.47 Å². The molecule has 0 radical (unpaired) electrons. The van der Waals surface area contributed by atoms with Crippen molar-refractivity contribution in [1.82, 2.24) is 0 Å². The van der Waals surface area contributed by atoms with Crippen LogP contribution in [0.3, 0.4) is 0 Å². The smallest absolute Gasteiger partial charge is 0.296 e. The number of azo groups is 2. The molecule has 1 amide bonds. The molecular weight excluding hydrogens is 622 g/mol. The second kappa shape index (κ2) is 12.2. The van der Waals surface area contributed by atoms with Gasteiger partial charge in [-0.15, -0.1) is 15.3 Å². The van der Waals surface area contributed by atoms with Crippen LogP contribution in [0.1, 0.15) is 6.92 Å². The molecule has 230 valence electrons. The van der Waals surface area contributed by atoms with Gasteiger partial charge >= 0.3 is 0 Å². The number of methoxy groups -OCH3 is 2. The Morgan fingerprint density at radius 2 is 1.34 bits per heavy atom. The number of benzene rings is 4. The number of amides is 1. The summed E-state index contributed by atoms with van der Waals surface area (Å²) in [7, 11) is -7.34. The molecule has 0 unspecified atom stereocenters. The molecule has 0 aliphatic carbocycles. The van der Waals surface area contributed by atoms with Crippen LogP contribution in [-0.2, 0) is 25.0 Å². The van der Waals surface area contributed by atoms with E-state index in [2.05, 4.69) is 25.8 Å². The Balaban J connectivity index is 1.90. The fourth-order valence-corrected chi connectivity index (χ4v) is 5.15. The summed E-state index contributed by atoms with van der Waals surface area (Å²) in [5.74, 6) is -1.37. The van der Waals surface area contributed by atoms with Crippen LogP contribution < -0.4 is 14.8 Å². The van der Waals surface area contributed by atoms with Gasteiger partial charge in [0.1, 0.15) is 39.2 Å². The number of hydrogen-bond acceptors (Lipinski definition) is 13. The van der Waals surface area contributed by atoms with Crippen LogP contribution in [0.2, 0.25) is 0 Å². The second-order valence-electron chi connectivity index (χ2n) is 8.88. The summed E-state index contributed by atoms with van der Waals surface area (Å²) >= 11 is 0. The molecular formula is C26H23N5O11S2. The first-order valence-corrected chi connectivity index (χ1v) is 14.9. The van der Waals surface area contributed by atoms with Gasteiger partial charge in [-0.05, 0) is 47.9 Å². The molecule has 44 heavy (non-hydrogen) atoms. The van der Waals surface area contributed by atoms with E-state index < -0.39 is 47.4 Å². The SMILES string of the molecule is COc1cc(N=Nc2c(S(=O)(=O)O)cc3cc(S(=O)(=O)O)cc(NC(C)=O)c3c2O)c(OC)cc1N=Nc1ccc(O)cc1. The van der Waals surface area contributed by atoms with Crippen molar-refractivity contribution >= 4 is 65.4 Å². The number of nitrogens with zero attached hydrogens (tertiary/aromatic N) is 4. The highest BCUT2D eigenvalue weighted by atomic mass is 32.2.